The molecule has 3 rings (SSSR count). The maximum absolute atomic E-state index is 5.99. The highest BCUT2D eigenvalue weighted by atomic mass is 32.1. The van der Waals surface area contributed by atoms with Gasteiger partial charge < -0.3 is 14.4 Å². The molecule has 1 aliphatic heterocycles. The van der Waals surface area contributed by atoms with Crippen molar-refractivity contribution in [2.45, 2.75) is 6.61 Å². The van der Waals surface area contributed by atoms with E-state index in [1.807, 2.05) is 42.5 Å². The second kappa shape index (κ2) is 7.38. The van der Waals surface area contributed by atoms with E-state index in [2.05, 4.69) is 17.0 Å². The van der Waals surface area contributed by atoms with Crippen LogP contribution in [0.4, 0.5) is 0 Å². The van der Waals surface area contributed by atoms with Crippen LogP contribution in [0.5, 0.6) is 5.75 Å². The van der Waals surface area contributed by atoms with E-state index in [0.717, 1.165) is 48.2 Å². The average Bonchev–Trinajstić information content (AvgIpc) is 2.61. The molecule has 4 heteroatoms. The summed E-state index contributed by atoms with van der Waals surface area (Å²) >= 11 is 5.65. The van der Waals surface area contributed by atoms with Gasteiger partial charge in [-0.25, -0.2) is 0 Å². The first-order chi connectivity index (χ1) is 10.8. The molecule has 3 nitrogen and oxygen atoms in total. The second-order valence-electron chi connectivity index (χ2n) is 5.18. The molecule has 0 spiro atoms. The van der Waals surface area contributed by atoms with Crippen LogP contribution in [0.15, 0.2) is 54.6 Å². The lowest BCUT2D eigenvalue weighted by atomic mass is 10.1. The number of morpholine rings is 1. The van der Waals surface area contributed by atoms with Crippen molar-refractivity contribution in [2.24, 2.45) is 0 Å². The van der Waals surface area contributed by atoms with Gasteiger partial charge in [-0.2, -0.15) is 0 Å². The molecule has 1 aliphatic rings. The molecule has 1 fully saturated rings. The Hall–Kier alpha value is -1.91. The van der Waals surface area contributed by atoms with Crippen LogP contribution in [0.1, 0.15) is 11.1 Å². The molecule has 2 aromatic carbocycles. The lowest BCUT2D eigenvalue weighted by Gasteiger charge is -2.29. The van der Waals surface area contributed by atoms with Crippen molar-refractivity contribution in [1.82, 2.24) is 4.90 Å². The van der Waals surface area contributed by atoms with Crippen molar-refractivity contribution in [3.63, 3.8) is 0 Å². The van der Waals surface area contributed by atoms with E-state index in [0.29, 0.717) is 6.61 Å². The summed E-state index contributed by atoms with van der Waals surface area (Å²) in [5.41, 5.74) is 2.13. The van der Waals surface area contributed by atoms with Crippen molar-refractivity contribution in [3.05, 3.63) is 65.7 Å². The SMILES string of the molecule is S=C(c1ccccc1OCc1ccccc1)N1CCOCC1. The molecular formula is C18H19NO2S. The fourth-order valence-corrected chi connectivity index (χ4v) is 2.79. The van der Waals surface area contributed by atoms with Crippen LogP contribution in [0.25, 0.3) is 0 Å². The van der Waals surface area contributed by atoms with Gasteiger partial charge in [-0.05, 0) is 17.7 Å². The zero-order valence-corrected chi connectivity index (χ0v) is 13.2. The quantitative estimate of drug-likeness (QED) is 0.808. The van der Waals surface area contributed by atoms with E-state index in [9.17, 15) is 0 Å². The number of rotatable bonds is 4. The summed E-state index contributed by atoms with van der Waals surface area (Å²) in [7, 11) is 0. The largest absolute Gasteiger partial charge is 0.488 e. The molecule has 1 heterocycles. The molecule has 0 saturated carbocycles. The van der Waals surface area contributed by atoms with Crippen LogP contribution in [0.2, 0.25) is 0 Å². The van der Waals surface area contributed by atoms with E-state index in [1.165, 1.54) is 0 Å². The van der Waals surface area contributed by atoms with Crippen molar-refractivity contribution in [3.8, 4) is 5.75 Å². The molecule has 0 atom stereocenters. The van der Waals surface area contributed by atoms with Gasteiger partial charge in [0.1, 0.15) is 17.3 Å². The number of hydrogen-bond donors (Lipinski definition) is 0. The van der Waals surface area contributed by atoms with Gasteiger partial charge in [0.25, 0.3) is 0 Å². The molecule has 0 bridgehead atoms. The minimum atomic E-state index is 0.545. The van der Waals surface area contributed by atoms with Gasteiger partial charge in [-0.3, -0.25) is 0 Å². The van der Waals surface area contributed by atoms with Crippen LogP contribution in [-0.4, -0.2) is 36.2 Å². The number of ether oxygens (including phenoxy) is 2. The van der Waals surface area contributed by atoms with Crippen molar-refractivity contribution in [2.75, 3.05) is 26.3 Å². The molecule has 2 aromatic rings. The Morgan fingerprint density at radius 2 is 1.68 bits per heavy atom. The number of para-hydroxylation sites is 1. The third-order valence-electron chi connectivity index (χ3n) is 3.65. The summed E-state index contributed by atoms with van der Waals surface area (Å²) in [5, 5.41) is 0. The van der Waals surface area contributed by atoms with Crippen molar-refractivity contribution < 1.29 is 9.47 Å². The number of thiocarbonyl (C=S) groups is 1. The van der Waals surface area contributed by atoms with Gasteiger partial charge in [-0.1, -0.05) is 54.7 Å². The smallest absolute Gasteiger partial charge is 0.130 e. The molecular weight excluding hydrogens is 294 g/mol. The molecule has 0 amide bonds. The molecule has 0 aliphatic carbocycles. The van der Waals surface area contributed by atoms with Gasteiger partial charge in [-0.15, -0.1) is 0 Å². The Morgan fingerprint density at radius 1 is 1.00 bits per heavy atom. The Balaban J connectivity index is 1.73. The number of nitrogens with zero attached hydrogens (tertiary/aromatic N) is 1. The van der Waals surface area contributed by atoms with Crippen LogP contribution in [0, 0.1) is 0 Å². The molecule has 0 aromatic heterocycles. The summed E-state index contributed by atoms with van der Waals surface area (Å²) in [4.78, 5) is 3.02. The second-order valence-corrected chi connectivity index (χ2v) is 5.56. The topological polar surface area (TPSA) is 21.7 Å². The standard InChI is InChI=1S/C18H19NO2S/c22-18(19-10-12-20-13-11-19)16-8-4-5-9-17(16)21-14-15-6-2-1-3-7-15/h1-9H,10-14H2. The van der Waals surface area contributed by atoms with Gasteiger partial charge in [0, 0.05) is 13.1 Å². The Labute approximate surface area is 136 Å². The highest BCUT2D eigenvalue weighted by molar-refractivity contribution is 7.80. The first-order valence-corrected chi connectivity index (χ1v) is 7.88. The molecule has 0 unspecified atom stereocenters. The summed E-state index contributed by atoms with van der Waals surface area (Å²) in [5.74, 6) is 0.836. The first-order valence-electron chi connectivity index (χ1n) is 7.47. The minimum Gasteiger partial charge on any atom is -0.488 e. The zero-order chi connectivity index (χ0) is 15.2. The highest BCUT2D eigenvalue weighted by Gasteiger charge is 2.18. The van der Waals surface area contributed by atoms with E-state index < -0.39 is 0 Å². The van der Waals surface area contributed by atoms with Crippen LogP contribution in [-0.2, 0) is 11.3 Å². The van der Waals surface area contributed by atoms with E-state index >= 15 is 0 Å². The van der Waals surface area contributed by atoms with Crippen LogP contribution in [0.3, 0.4) is 0 Å². The molecule has 1 saturated heterocycles. The van der Waals surface area contributed by atoms with E-state index in [-0.39, 0.29) is 0 Å². The summed E-state index contributed by atoms with van der Waals surface area (Å²) in [6, 6.07) is 18.1. The van der Waals surface area contributed by atoms with E-state index in [1.54, 1.807) is 0 Å². The third kappa shape index (κ3) is 3.64. The summed E-state index contributed by atoms with van der Waals surface area (Å²) in [6.45, 7) is 3.68. The Bertz CT molecular complexity index is 624. The minimum absolute atomic E-state index is 0.545. The highest BCUT2D eigenvalue weighted by Crippen LogP contribution is 2.22. The molecule has 0 N–H and O–H groups in total. The van der Waals surface area contributed by atoms with Gasteiger partial charge in [0.2, 0.25) is 0 Å². The van der Waals surface area contributed by atoms with Gasteiger partial charge >= 0.3 is 0 Å². The lowest BCUT2D eigenvalue weighted by molar-refractivity contribution is 0.0692. The number of hydrogen-bond acceptors (Lipinski definition) is 3. The summed E-state index contributed by atoms with van der Waals surface area (Å²) in [6.07, 6.45) is 0. The van der Waals surface area contributed by atoms with Crippen LogP contribution >= 0.6 is 12.2 Å². The van der Waals surface area contributed by atoms with Crippen molar-refractivity contribution in [1.29, 1.82) is 0 Å². The van der Waals surface area contributed by atoms with Gasteiger partial charge in [0.05, 0.1) is 18.8 Å². The summed E-state index contributed by atoms with van der Waals surface area (Å²) < 4.78 is 11.4. The Morgan fingerprint density at radius 3 is 2.45 bits per heavy atom. The fourth-order valence-electron chi connectivity index (χ4n) is 2.44. The molecule has 22 heavy (non-hydrogen) atoms. The average molecular weight is 313 g/mol. The molecule has 114 valence electrons. The van der Waals surface area contributed by atoms with E-state index in [4.69, 9.17) is 21.7 Å². The van der Waals surface area contributed by atoms with Crippen molar-refractivity contribution >= 4 is 17.2 Å². The Kier molecular flexibility index (Phi) is 5.03. The first kappa shape index (κ1) is 15.0. The third-order valence-corrected chi connectivity index (χ3v) is 4.13. The molecule has 0 radical (unpaired) electrons. The monoisotopic (exact) mass is 313 g/mol. The van der Waals surface area contributed by atoms with Gasteiger partial charge in [0.15, 0.2) is 0 Å². The number of benzene rings is 2. The maximum Gasteiger partial charge on any atom is 0.130 e. The lowest BCUT2D eigenvalue weighted by Crippen LogP contribution is -2.40. The maximum atomic E-state index is 5.99. The van der Waals surface area contributed by atoms with Crippen LogP contribution < -0.4 is 4.74 Å². The fraction of sp³-hybridized carbons (Fsp3) is 0.278. The normalized spacial score (nSPS) is 14.6. The zero-order valence-electron chi connectivity index (χ0n) is 12.4. The predicted molar refractivity (Wildman–Crippen MR) is 91.3 cm³/mol. The predicted octanol–water partition coefficient (Wildman–Crippen LogP) is 3.27.